The third-order valence-corrected chi connectivity index (χ3v) is 5.91. The fourth-order valence-electron chi connectivity index (χ4n) is 3.40. The van der Waals surface area contributed by atoms with Crippen LogP contribution in [0.25, 0.3) is 11.1 Å². The smallest absolute Gasteiger partial charge is 0.0659 e. The Morgan fingerprint density at radius 1 is 0.562 bits per heavy atom. The molecular weight excluding hydrogens is 435 g/mol. The van der Waals surface area contributed by atoms with Gasteiger partial charge in [-0.1, -0.05) is 71.7 Å². The van der Waals surface area contributed by atoms with Gasteiger partial charge in [-0.25, -0.2) is 0 Å². The fraction of sp³-hybridized carbons (Fsp3) is 0.0714. The molecule has 4 rings (SSSR count). The second kappa shape index (κ2) is 9.95. The van der Waals surface area contributed by atoms with Crippen molar-refractivity contribution in [3.8, 4) is 11.1 Å². The van der Waals surface area contributed by atoms with E-state index in [1.165, 1.54) is 0 Å². The van der Waals surface area contributed by atoms with Crippen molar-refractivity contribution in [1.82, 2.24) is 0 Å². The molecule has 0 radical (unpaired) electrons. The summed E-state index contributed by atoms with van der Waals surface area (Å²) in [6, 6.07) is 27.9. The van der Waals surface area contributed by atoms with Crippen molar-refractivity contribution in [1.29, 1.82) is 0 Å². The van der Waals surface area contributed by atoms with E-state index in [9.17, 15) is 0 Å². The number of aryl methyl sites for hydroxylation is 2. The molecular formula is C28H22Cl2N2. The summed E-state index contributed by atoms with van der Waals surface area (Å²) in [5, 5.41) is 1.39. The molecule has 32 heavy (non-hydrogen) atoms. The molecule has 0 saturated heterocycles. The Hall–Kier alpha value is -3.20. The highest BCUT2D eigenvalue weighted by molar-refractivity contribution is 6.33. The van der Waals surface area contributed by atoms with Crippen LogP contribution >= 0.6 is 23.2 Å². The number of halogens is 2. The van der Waals surface area contributed by atoms with Crippen molar-refractivity contribution in [3.05, 3.63) is 117 Å². The predicted molar refractivity (Wildman–Crippen MR) is 139 cm³/mol. The van der Waals surface area contributed by atoms with Crippen LogP contribution in [0.4, 0.5) is 11.4 Å². The molecule has 4 aromatic carbocycles. The normalized spacial score (nSPS) is 11.5. The molecule has 0 bridgehead atoms. The molecule has 0 aromatic heterocycles. The van der Waals surface area contributed by atoms with E-state index in [-0.39, 0.29) is 0 Å². The van der Waals surface area contributed by atoms with Gasteiger partial charge in [0, 0.05) is 33.6 Å². The molecule has 0 aliphatic heterocycles. The topological polar surface area (TPSA) is 24.7 Å². The van der Waals surface area contributed by atoms with E-state index in [2.05, 4.69) is 48.1 Å². The van der Waals surface area contributed by atoms with Crippen LogP contribution in [0, 0.1) is 13.8 Å². The van der Waals surface area contributed by atoms with Gasteiger partial charge in [-0.3, -0.25) is 9.98 Å². The van der Waals surface area contributed by atoms with Gasteiger partial charge in [-0.05, 0) is 72.5 Å². The van der Waals surface area contributed by atoms with Crippen molar-refractivity contribution in [2.24, 2.45) is 9.98 Å². The fourth-order valence-corrected chi connectivity index (χ4v) is 3.77. The molecule has 0 fully saturated rings. The van der Waals surface area contributed by atoms with Gasteiger partial charge in [-0.2, -0.15) is 0 Å². The van der Waals surface area contributed by atoms with Gasteiger partial charge in [0.25, 0.3) is 0 Å². The van der Waals surface area contributed by atoms with Gasteiger partial charge in [0.05, 0.1) is 11.4 Å². The van der Waals surface area contributed by atoms with E-state index in [0.717, 1.165) is 44.8 Å². The van der Waals surface area contributed by atoms with Gasteiger partial charge in [0.2, 0.25) is 0 Å². The number of benzene rings is 4. The van der Waals surface area contributed by atoms with Crippen molar-refractivity contribution in [2.45, 2.75) is 13.8 Å². The van der Waals surface area contributed by atoms with Gasteiger partial charge in [-0.15, -0.1) is 0 Å². The van der Waals surface area contributed by atoms with Crippen molar-refractivity contribution in [2.75, 3.05) is 0 Å². The Bertz CT molecular complexity index is 1220. The average Bonchev–Trinajstić information content (AvgIpc) is 2.79. The van der Waals surface area contributed by atoms with E-state index in [0.29, 0.717) is 10.0 Å². The van der Waals surface area contributed by atoms with Crippen LogP contribution in [0.1, 0.15) is 22.3 Å². The summed E-state index contributed by atoms with van der Waals surface area (Å²) >= 11 is 12.4. The van der Waals surface area contributed by atoms with Crippen LogP contribution in [0.15, 0.2) is 94.9 Å². The Labute approximate surface area is 198 Å². The van der Waals surface area contributed by atoms with Crippen LogP contribution in [0.5, 0.6) is 0 Å². The number of hydrogen-bond acceptors (Lipinski definition) is 2. The Morgan fingerprint density at radius 3 is 1.34 bits per heavy atom. The summed E-state index contributed by atoms with van der Waals surface area (Å²) in [5.74, 6) is 0. The second-order valence-corrected chi connectivity index (χ2v) is 8.38. The van der Waals surface area contributed by atoms with Crippen LogP contribution in [-0.2, 0) is 0 Å². The molecule has 0 heterocycles. The van der Waals surface area contributed by atoms with Crippen LogP contribution in [-0.4, -0.2) is 12.4 Å². The van der Waals surface area contributed by atoms with Gasteiger partial charge < -0.3 is 0 Å². The lowest BCUT2D eigenvalue weighted by atomic mass is 10.00. The zero-order chi connectivity index (χ0) is 22.5. The van der Waals surface area contributed by atoms with Crippen molar-refractivity contribution >= 4 is 47.0 Å². The summed E-state index contributed by atoms with van der Waals surface area (Å²) in [6.07, 6.45) is 3.61. The zero-order valence-electron chi connectivity index (χ0n) is 17.9. The molecule has 0 atom stereocenters. The van der Waals surface area contributed by atoms with E-state index in [4.69, 9.17) is 23.2 Å². The summed E-state index contributed by atoms with van der Waals surface area (Å²) in [5.41, 5.74) is 8.14. The maximum atomic E-state index is 6.22. The maximum absolute atomic E-state index is 6.22. The highest BCUT2D eigenvalue weighted by atomic mass is 35.5. The van der Waals surface area contributed by atoms with E-state index < -0.39 is 0 Å². The number of rotatable bonds is 5. The molecule has 0 amide bonds. The zero-order valence-corrected chi connectivity index (χ0v) is 19.4. The first-order valence-corrected chi connectivity index (χ1v) is 11.1. The molecule has 0 unspecified atom stereocenters. The minimum absolute atomic E-state index is 0.693. The van der Waals surface area contributed by atoms with Gasteiger partial charge >= 0.3 is 0 Å². The second-order valence-electron chi connectivity index (χ2n) is 7.56. The van der Waals surface area contributed by atoms with Crippen LogP contribution < -0.4 is 0 Å². The van der Waals surface area contributed by atoms with E-state index in [1.807, 2.05) is 60.7 Å². The number of nitrogens with zero attached hydrogens (tertiary/aromatic N) is 2. The molecule has 4 heteroatoms. The van der Waals surface area contributed by atoms with Crippen LogP contribution in [0.3, 0.4) is 0 Å². The van der Waals surface area contributed by atoms with Crippen molar-refractivity contribution in [3.63, 3.8) is 0 Å². The molecule has 0 aliphatic carbocycles. The largest absolute Gasteiger partial charge is 0.256 e. The lowest BCUT2D eigenvalue weighted by Crippen LogP contribution is -1.86. The third kappa shape index (κ3) is 5.16. The summed E-state index contributed by atoms with van der Waals surface area (Å²) in [4.78, 5) is 9.25. The lowest BCUT2D eigenvalue weighted by molar-refractivity contribution is 1.38. The Kier molecular flexibility index (Phi) is 6.84. The Morgan fingerprint density at radius 2 is 0.969 bits per heavy atom. The average molecular weight is 457 g/mol. The third-order valence-electron chi connectivity index (χ3n) is 5.22. The summed E-state index contributed by atoms with van der Waals surface area (Å²) in [6.45, 7) is 4.13. The summed E-state index contributed by atoms with van der Waals surface area (Å²) in [7, 11) is 0. The van der Waals surface area contributed by atoms with Gasteiger partial charge in [0.1, 0.15) is 0 Å². The summed E-state index contributed by atoms with van der Waals surface area (Å²) < 4.78 is 0. The standard InChI is InChI=1S/C28H22Cl2N2/c1-19-15-21(11-13-27(19)31-17-23-7-3-5-9-25(23)29)22-12-14-28(20(2)16-22)32-18-24-8-4-6-10-26(24)30/h3-18H,1-2H3. The minimum Gasteiger partial charge on any atom is -0.256 e. The molecule has 158 valence electrons. The highest BCUT2D eigenvalue weighted by Crippen LogP contribution is 2.30. The Balaban J connectivity index is 1.55. The first-order valence-electron chi connectivity index (χ1n) is 10.3. The molecule has 0 saturated carbocycles. The maximum Gasteiger partial charge on any atom is 0.0659 e. The first-order chi connectivity index (χ1) is 15.5. The van der Waals surface area contributed by atoms with Crippen LogP contribution in [0.2, 0.25) is 10.0 Å². The monoisotopic (exact) mass is 456 g/mol. The van der Waals surface area contributed by atoms with E-state index in [1.54, 1.807) is 12.4 Å². The molecule has 2 nitrogen and oxygen atoms in total. The van der Waals surface area contributed by atoms with Gasteiger partial charge in [0.15, 0.2) is 0 Å². The minimum atomic E-state index is 0.693. The SMILES string of the molecule is Cc1cc(-c2ccc(N=Cc3ccccc3Cl)c(C)c2)ccc1N=Cc1ccccc1Cl. The molecule has 0 aliphatic rings. The lowest BCUT2D eigenvalue weighted by Gasteiger charge is -2.08. The molecule has 4 aromatic rings. The highest BCUT2D eigenvalue weighted by Gasteiger charge is 2.05. The first kappa shape index (κ1) is 22.0. The number of hydrogen-bond donors (Lipinski definition) is 0. The quantitative estimate of drug-likeness (QED) is 0.268. The van der Waals surface area contributed by atoms with E-state index >= 15 is 0 Å². The molecule has 0 N–H and O–H groups in total. The molecule has 0 spiro atoms. The predicted octanol–water partition coefficient (Wildman–Crippen LogP) is 8.78. The van der Waals surface area contributed by atoms with Crippen molar-refractivity contribution < 1.29 is 0 Å². The number of aliphatic imine (C=N–C) groups is 2.